The third-order valence-electron chi connectivity index (χ3n) is 3.06. The summed E-state index contributed by atoms with van der Waals surface area (Å²) >= 11 is 0. The Bertz CT molecular complexity index is 543. The highest BCUT2D eigenvalue weighted by atomic mass is 19.1. The van der Waals surface area contributed by atoms with E-state index >= 15 is 0 Å². The van der Waals surface area contributed by atoms with Crippen LogP contribution >= 0.6 is 0 Å². The number of nitro groups is 1. The van der Waals surface area contributed by atoms with Crippen LogP contribution < -0.4 is 5.32 Å². The van der Waals surface area contributed by atoms with Gasteiger partial charge in [-0.05, 0) is 12.1 Å². The molecule has 8 heteroatoms. The van der Waals surface area contributed by atoms with E-state index in [2.05, 4.69) is 5.32 Å². The summed E-state index contributed by atoms with van der Waals surface area (Å²) < 4.78 is 18.0. The van der Waals surface area contributed by atoms with E-state index in [-0.39, 0.29) is 18.7 Å². The number of hydrogen-bond acceptors (Lipinski definition) is 5. The number of aliphatic hydroxyl groups is 1. The second-order valence-electron chi connectivity index (χ2n) is 4.63. The molecule has 108 valence electrons. The molecular weight excluding hydrogens is 271 g/mol. The number of nitrogens with one attached hydrogen (secondary N) is 1. The summed E-state index contributed by atoms with van der Waals surface area (Å²) in [6.45, 7) is 0.405. The van der Waals surface area contributed by atoms with Gasteiger partial charge in [-0.15, -0.1) is 0 Å². The van der Waals surface area contributed by atoms with Crippen LogP contribution in [0.1, 0.15) is 16.8 Å². The van der Waals surface area contributed by atoms with Gasteiger partial charge in [0.2, 0.25) is 0 Å². The van der Waals surface area contributed by atoms with E-state index in [0.717, 1.165) is 12.1 Å². The summed E-state index contributed by atoms with van der Waals surface area (Å²) in [6, 6.07) is 2.69. The van der Waals surface area contributed by atoms with Gasteiger partial charge < -0.3 is 15.2 Å². The molecule has 1 amide bonds. The maximum Gasteiger partial charge on any atom is 0.285 e. The van der Waals surface area contributed by atoms with Crippen LogP contribution in [0.25, 0.3) is 0 Å². The van der Waals surface area contributed by atoms with E-state index in [1.165, 1.54) is 0 Å². The molecule has 0 spiro atoms. The summed E-state index contributed by atoms with van der Waals surface area (Å²) in [7, 11) is 0. The minimum Gasteiger partial charge on any atom is -0.386 e. The first-order valence-electron chi connectivity index (χ1n) is 5.94. The molecule has 0 saturated carbocycles. The molecule has 0 aliphatic carbocycles. The number of nitro benzene ring substituents is 1. The van der Waals surface area contributed by atoms with Crippen molar-refractivity contribution in [2.75, 3.05) is 19.8 Å². The van der Waals surface area contributed by atoms with E-state index in [4.69, 9.17) is 4.74 Å². The Kier molecular flexibility index (Phi) is 3.96. The van der Waals surface area contributed by atoms with Crippen molar-refractivity contribution >= 4 is 11.6 Å². The number of carbonyl (C=O) groups excluding carboxylic acids is 1. The molecule has 7 nitrogen and oxygen atoms in total. The van der Waals surface area contributed by atoms with E-state index in [9.17, 15) is 24.4 Å². The Hall–Kier alpha value is -2.06. The molecule has 0 aromatic heterocycles. The molecule has 2 rings (SSSR count). The molecule has 1 aliphatic rings. The molecule has 1 aliphatic heterocycles. The predicted octanol–water partition coefficient (Wildman–Crippen LogP) is 0.615. The second kappa shape index (κ2) is 5.51. The first kappa shape index (κ1) is 14.4. The van der Waals surface area contributed by atoms with Gasteiger partial charge in [-0.2, -0.15) is 0 Å². The quantitative estimate of drug-likeness (QED) is 0.623. The molecule has 1 fully saturated rings. The van der Waals surface area contributed by atoms with Gasteiger partial charge in [-0.25, -0.2) is 4.39 Å². The monoisotopic (exact) mass is 284 g/mol. The highest BCUT2D eigenvalue weighted by Gasteiger charge is 2.33. The van der Waals surface area contributed by atoms with Crippen LogP contribution in [0.5, 0.6) is 0 Å². The van der Waals surface area contributed by atoms with Crippen LogP contribution in [0.2, 0.25) is 0 Å². The van der Waals surface area contributed by atoms with Crippen molar-refractivity contribution in [3.63, 3.8) is 0 Å². The molecule has 1 atom stereocenters. The summed E-state index contributed by atoms with van der Waals surface area (Å²) in [5.41, 5.74) is -2.03. The summed E-state index contributed by atoms with van der Waals surface area (Å²) in [4.78, 5) is 21.9. The summed E-state index contributed by atoms with van der Waals surface area (Å²) in [5.74, 6) is -1.53. The molecule has 1 aromatic carbocycles. The number of nitrogens with zero attached hydrogens (tertiary/aromatic N) is 1. The lowest BCUT2D eigenvalue weighted by Gasteiger charge is -2.20. The van der Waals surface area contributed by atoms with Gasteiger partial charge in [0, 0.05) is 19.6 Å². The van der Waals surface area contributed by atoms with Crippen molar-refractivity contribution < 1.29 is 24.0 Å². The second-order valence-corrected chi connectivity index (χ2v) is 4.63. The number of hydrogen-bond donors (Lipinski definition) is 2. The van der Waals surface area contributed by atoms with E-state index in [1.807, 2.05) is 0 Å². The highest BCUT2D eigenvalue weighted by Crippen LogP contribution is 2.21. The molecule has 1 unspecified atom stereocenters. The Balaban J connectivity index is 2.11. The number of rotatable bonds is 4. The largest absolute Gasteiger partial charge is 0.386 e. The fourth-order valence-corrected chi connectivity index (χ4v) is 1.92. The SMILES string of the molecule is O=C(NCC1(O)CCOC1)c1ccc(F)cc1[N+](=O)[O-]. The lowest BCUT2D eigenvalue weighted by atomic mass is 10.0. The van der Waals surface area contributed by atoms with Gasteiger partial charge in [0.1, 0.15) is 17.0 Å². The molecule has 20 heavy (non-hydrogen) atoms. The topological polar surface area (TPSA) is 102 Å². The van der Waals surface area contributed by atoms with E-state index in [1.54, 1.807) is 0 Å². The van der Waals surface area contributed by atoms with Crippen molar-refractivity contribution in [2.45, 2.75) is 12.0 Å². The number of amides is 1. The lowest BCUT2D eigenvalue weighted by Crippen LogP contribution is -2.43. The van der Waals surface area contributed by atoms with Gasteiger partial charge in [0.15, 0.2) is 0 Å². The molecule has 1 heterocycles. The maximum atomic E-state index is 13.0. The van der Waals surface area contributed by atoms with Gasteiger partial charge >= 0.3 is 0 Å². The van der Waals surface area contributed by atoms with Gasteiger partial charge in [0.25, 0.3) is 11.6 Å². The highest BCUT2D eigenvalue weighted by molar-refractivity contribution is 5.98. The predicted molar refractivity (Wildman–Crippen MR) is 65.8 cm³/mol. The van der Waals surface area contributed by atoms with Crippen molar-refractivity contribution in [1.82, 2.24) is 5.32 Å². The minimum absolute atomic E-state index is 0.0830. The van der Waals surface area contributed by atoms with Gasteiger partial charge in [-0.1, -0.05) is 0 Å². The number of ether oxygens (including phenoxy) is 1. The molecule has 1 saturated heterocycles. The zero-order valence-electron chi connectivity index (χ0n) is 10.5. The zero-order valence-corrected chi connectivity index (χ0v) is 10.5. The molecule has 0 bridgehead atoms. The molecular formula is C12H13FN2O5. The fourth-order valence-electron chi connectivity index (χ4n) is 1.92. The Morgan fingerprint density at radius 3 is 2.95 bits per heavy atom. The average Bonchev–Trinajstić information content (AvgIpc) is 2.83. The third-order valence-corrected chi connectivity index (χ3v) is 3.06. The van der Waals surface area contributed by atoms with E-state index < -0.39 is 27.9 Å². The Labute approximate surface area is 113 Å². The van der Waals surface area contributed by atoms with Crippen molar-refractivity contribution in [2.24, 2.45) is 0 Å². The van der Waals surface area contributed by atoms with Crippen LogP contribution in [-0.2, 0) is 4.74 Å². The standard InChI is InChI=1S/C12H13FN2O5/c13-8-1-2-9(10(5-8)15(18)19)11(16)14-6-12(17)3-4-20-7-12/h1-2,5,17H,3-4,6-7H2,(H,14,16). The number of benzene rings is 1. The van der Waals surface area contributed by atoms with Gasteiger partial charge in [-0.3, -0.25) is 14.9 Å². The Morgan fingerprint density at radius 1 is 1.60 bits per heavy atom. The third kappa shape index (κ3) is 3.09. The van der Waals surface area contributed by atoms with Crippen LogP contribution in [0, 0.1) is 15.9 Å². The number of halogens is 1. The summed E-state index contributed by atoms with van der Waals surface area (Å²) in [5, 5.41) is 23.2. The van der Waals surface area contributed by atoms with E-state index in [0.29, 0.717) is 19.1 Å². The van der Waals surface area contributed by atoms with Crippen LogP contribution in [0.15, 0.2) is 18.2 Å². The Morgan fingerprint density at radius 2 is 2.35 bits per heavy atom. The van der Waals surface area contributed by atoms with Crippen LogP contribution in [0.3, 0.4) is 0 Å². The van der Waals surface area contributed by atoms with Crippen LogP contribution in [-0.4, -0.2) is 41.3 Å². The first-order chi connectivity index (χ1) is 9.41. The first-order valence-corrected chi connectivity index (χ1v) is 5.94. The lowest BCUT2D eigenvalue weighted by molar-refractivity contribution is -0.385. The molecule has 1 aromatic rings. The van der Waals surface area contributed by atoms with Crippen molar-refractivity contribution in [3.05, 3.63) is 39.7 Å². The molecule has 0 radical (unpaired) electrons. The maximum absolute atomic E-state index is 13.0. The fraction of sp³-hybridized carbons (Fsp3) is 0.417. The number of carbonyl (C=O) groups is 1. The van der Waals surface area contributed by atoms with Crippen molar-refractivity contribution in [1.29, 1.82) is 0 Å². The van der Waals surface area contributed by atoms with Crippen molar-refractivity contribution in [3.8, 4) is 0 Å². The molecule has 2 N–H and O–H groups in total. The smallest absolute Gasteiger partial charge is 0.285 e. The van der Waals surface area contributed by atoms with Crippen LogP contribution in [0.4, 0.5) is 10.1 Å². The normalized spacial score (nSPS) is 21.7. The summed E-state index contributed by atoms with van der Waals surface area (Å²) in [6.07, 6.45) is 0.374. The average molecular weight is 284 g/mol. The minimum atomic E-state index is -1.16. The van der Waals surface area contributed by atoms with Gasteiger partial charge in [0.05, 0.1) is 17.6 Å². The zero-order chi connectivity index (χ0) is 14.8.